The van der Waals surface area contributed by atoms with Crippen LogP contribution in [0.25, 0.3) is 95.0 Å². The summed E-state index contributed by atoms with van der Waals surface area (Å²) in [7, 11) is 0. The quantitative estimate of drug-likeness (QED) is 0.177. The number of hydrogen-bond donors (Lipinski definition) is 0. The van der Waals surface area contributed by atoms with Crippen LogP contribution in [0.15, 0.2) is 206 Å². The topological polar surface area (TPSA) is 43.6 Å². The van der Waals surface area contributed by atoms with Gasteiger partial charge in [-0.25, -0.2) is 15.0 Å². The Morgan fingerprint density at radius 2 is 0.723 bits per heavy atom. The number of nitrogens with zero attached hydrogens (tertiary/aromatic N) is 4. The van der Waals surface area contributed by atoms with Gasteiger partial charge in [0.25, 0.3) is 0 Å². The van der Waals surface area contributed by atoms with Gasteiger partial charge in [0.05, 0.1) is 16.4 Å². The Morgan fingerprint density at radius 1 is 0.323 bits per heavy atom. The highest BCUT2D eigenvalue weighted by Gasteiger charge is 2.52. The molecule has 14 rings (SSSR count). The van der Waals surface area contributed by atoms with E-state index in [9.17, 15) is 0 Å². The van der Waals surface area contributed by atoms with Gasteiger partial charge in [-0.1, -0.05) is 184 Å². The molecule has 0 amide bonds. The van der Waals surface area contributed by atoms with Crippen molar-refractivity contribution in [3.8, 4) is 73.2 Å². The van der Waals surface area contributed by atoms with Crippen molar-refractivity contribution in [2.75, 3.05) is 0 Å². The summed E-state index contributed by atoms with van der Waals surface area (Å²) in [6.45, 7) is 4.65. The lowest BCUT2D eigenvalue weighted by molar-refractivity contribution is 0.660. The normalized spacial score (nSPS) is 14.2. The summed E-state index contributed by atoms with van der Waals surface area (Å²) in [5.41, 5.74) is 20.9. The minimum absolute atomic E-state index is 0.171. The van der Waals surface area contributed by atoms with E-state index in [-0.39, 0.29) is 5.41 Å². The largest absolute Gasteiger partial charge is 0.309 e. The molecule has 0 saturated carbocycles. The molecular formula is C61H40N4. The van der Waals surface area contributed by atoms with E-state index in [2.05, 4.69) is 225 Å². The molecule has 3 aliphatic rings. The Balaban J connectivity index is 1.01. The smallest absolute Gasteiger partial charge is 0.164 e. The van der Waals surface area contributed by atoms with E-state index in [0.29, 0.717) is 17.5 Å². The van der Waals surface area contributed by atoms with Gasteiger partial charge in [-0.05, 0) is 103 Å². The van der Waals surface area contributed by atoms with Gasteiger partial charge in [0.1, 0.15) is 0 Å². The Bertz CT molecular complexity index is 3720. The van der Waals surface area contributed by atoms with Crippen LogP contribution >= 0.6 is 0 Å². The maximum absolute atomic E-state index is 5.55. The summed E-state index contributed by atoms with van der Waals surface area (Å²) < 4.78 is 2.35. The van der Waals surface area contributed by atoms with Crippen LogP contribution in [-0.4, -0.2) is 19.5 Å². The van der Waals surface area contributed by atoms with Crippen LogP contribution in [0.5, 0.6) is 0 Å². The predicted octanol–water partition coefficient (Wildman–Crippen LogP) is 14.6. The second-order valence-electron chi connectivity index (χ2n) is 18.2. The Morgan fingerprint density at radius 3 is 1.31 bits per heavy atom. The first-order valence-electron chi connectivity index (χ1n) is 22.5. The van der Waals surface area contributed by atoms with Gasteiger partial charge >= 0.3 is 0 Å². The van der Waals surface area contributed by atoms with Crippen LogP contribution in [0.4, 0.5) is 0 Å². The zero-order chi connectivity index (χ0) is 43.0. The summed E-state index contributed by atoms with van der Waals surface area (Å²) in [5, 5.41) is 2.48. The molecule has 2 aromatic heterocycles. The zero-order valence-electron chi connectivity index (χ0n) is 35.9. The van der Waals surface area contributed by atoms with E-state index < -0.39 is 5.41 Å². The number of benzene rings is 9. The summed E-state index contributed by atoms with van der Waals surface area (Å²) in [6.07, 6.45) is 0. The predicted molar refractivity (Wildman–Crippen MR) is 264 cm³/mol. The Labute approximate surface area is 377 Å². The van der Waals surface area contributed by atoms with Crippen molar-refractivity contribution in [1.29, 1.82) is 0 Å². The van der Waals surface area contributed by atoms with Crippen molar-refractivity contribution >= 4 is 21.8 Å². The summed E-state index contributed by atoms with van der Waals surface area (Å²) in [5.74, 6) is 1.95. The first-order chi connectivity index (χ1) is 32.0. The Kier molecular flexibility index (Phi) is 7.35. The van der Waals surface area contributed by atoms with E-state index in [4.69, 9.17) is 15.0 Å². The van der Waals surface area contributed by atoms with Crippen molar-refractivity contribution in [2.24, 2.45) is 0 Å². The van der Waals surface area contributed by atoms with Crippen molar-refractivity contribution in [1.82, 2.24) is 19.5 Å². The molecule has 0 aliphatic heterocycles. The molecule has 1 spiro atoms. The maximum Gasteiger partial charge on any atom is 0.164 e. The molecular weight excluding hydrogens is 789 g/mol. The number of aromatic nitrogens is 4. The SMILES string of the molecule is CC1(C)c2ccccc2-c2c(-c3nc(-c4ccc(-n5c6ccccc6c6ccccc65)cc4)nc(-c4cccc5c4-c4ccccc4C54c5ccccc5-c5ccccc54)n3)cccc21. The fourth-order valence-corrected chi connectivity index (χ4v) is 12.0. The van der Waals surface area contributed by atoms with Crippen LogP contribution in [0.1, 0.15) is 47.2 Å². The molecule has 0 fully saturated rings. The fraction of sp³-hybridized carbons (Fsp3) is 0.0656. The minimum atomic E-state index is -0.480. The molecule has 9 aromatic carbocycles. The van der Waals surface area contributed by atoms with Gasteiger partial charge in [0, 0.05) is 38.6 Å². The molecule has 65 heavy (non-hydrogen) atoms. The van der Waals surface area contributed by atoms with Gasteiger partial charge in [-0.2, -0.15) is 0 Å². The van der Waals surface area contributed by atoms with Gasteiger partial charge in [0.2, 0.25) is 0 Å². The van der Waals surface area contributed by atoms with Gasteiger partial charge < -0.3 is 4.57 Å². The van der Waals surface area contributed by atoms with E-state index >= 15 is 0 Å². The third-order valence-corrected chi connectivity index (χ3v) is 14.7. The first-order valence-corrected chi connectivity index (χ1v) is 22.5. The van der Waals surface area contributed by atoms with Gasteiger partial charge in [-0.15, -0.1) is 0 Å². The molecule has 2 heterocycles. The standard InChI is InChI=1S/C61H40N4/c1-60(2)47-25-9-5-21-43(47)55-45(23-15-29-51(55)60)58-62-57(37-33-35-38(36-34-37)65-53-31-13-7-19-41(53)42-20-8-14-32-54(42)65)63-59(64-58)46-24-16-30-52-56(46)44-22-6-12-28-50(44)61(52)48-26-10-3-17-39(48)40-18-4-11-27-49(40)61/h3-36H,1-2H3. The lowest BCUT2D eigenvalue weighted by Gasteiger charge is -2.30. The van der Waals surface area contributed by atoms with E-state index in [1.807, 2.05) is 0 Å². The number of rotatable bonds is 4. The molecule has 3 aliphatic carbocycles. The van der Waals surface area contributed by atoms with Crippen molar-refractivity contribution in [2.45, 2.75) is 24.7 Å². The highest BCUT2D eigenvalue weighted by atomic mass is 15.0. The van der Waals surface area contributed by atoms with Gasteiger partial charge in [0.15, 0.2) is 17.5 Å². The van der Waals surface area contributed by atoms with Crippen LogP contribution in [0, 0.1) is 0 Å². The van der Waals surface area contributed by atoms with E-state index in [0.717, 1.165) is 22.4 Å². The molecule has 11 aromatic rings. The molecule has 0 unspecified atom stereocenters. The molecule has 4 heteroatoms. The highest BCUT2D eigenvalue weighted by Crippen LogP contribution is 2.64. The monoisotopic (exact) mass is 828 g/mol. The lowest BCUT2D eigenvalue weighted by atomic mass is 9.70. The second kappa shape index (κ2) is 13.2. The van der Waals surface area contributed by atoms with Gasteiger partial charge in [-0.3, -0.25) is 0 Å². The van der Waals surface area contributed by atoms with Crippen LogP contribution in [0.3, 0.4) is 0 Å². The average Bonchev–Trinajstić information content (AvgIpc) is 4.04. The zero-order valence-corrected chi connectivity index (χ0v) is 35.9. The lowest BCUT2D eigenvalue weighted by Crippen LogP contribution is -2.25. The minimum Gasteiger partial charge on any atom is -0.309 e. The average molecular weight is 829 g/mol. The summed E-state index contributed by atoms with van der Waals surface area (Å²) >= 11 is 0. The third kappa shape index (κ3) is 4.78. The molecule has 0 bridgehead atoms. The second-order valence-corrected chi connectivity index (χ2v) is 18.2. The number of hydrogen-bond acceptors (Lipinski definition) is 3. The molecule has 0 saturated heterocycles. The molecule has 4 nitrogen and oxygen atoms in total. The molecule has 0 radical (unpaired) electrons. The fourth-order valence-electron chi connectivity index (χ4n) is 12.0. The highest BCUT2D eigenvalue weighted by molar-refractivity contribution is 6.09. The van der Waals surface area contributed by atoms with Crippen LogP contribution in [-0.2, 0) is 10.8 Å². The third-order valence-electron chi connectivity index (χ3n) is 14.7. The van der Waals surface area contributed by atoms with Crippen molar-refractivity contribution in [3.05, 3.63) is 240 Å². The summed E-state index contributed by atoms with van der Waals surface area (Å²) in [4.78, 5) is 16.5. The molecule has 0 atom stereocenters. The van der Waals surface area contributed by atoms with Crippen molar-refractivity contribution in [3.63, 3.8) is 0 Å². The van der Waals surface area contributed by atoms with Crippen molar-refractivity contribution < 1.29 is 0 Å². The maximum atomic E-state index is 5.55. The Hall–Kier alpha value is -8.21. The number of fused-ring (bicyclic) bond motifs is 16. The molecule has 0 N–H and O–H groups in total. The van der Waals surface area contributed by atoms with E-state index in [1.54, 1.807) is 0 Å². The van der Waals surface area contributed by atoms with Crippen LogP contribution < -0.4 is 0 Å². The number of para-hydroxylation sites is 2. The summed E-state index contributed by atoms with van der Waals surface area (Å²) in [6, 6.07) is 75.1. The first kappa shape index (κ1) is 36.3. The van der Waals surface area contributed by atoms with Crippen LogP contribution in [0.2, 0.25) is 0 Å². The van der Waals surface area contributed by atoms with E-state index in [1.165, 1.54) is 88.6 Å². The molecule has 304 valence electrons.